The van der Waals surface area contributed by atoms with Gasteiger partial charge in [0.25, 0.3) is 0 Å². The highest BCUT2D eigenvalue weighted by Crippen LogP contribution is 2.28. The first-order valence-corrected chi connectivity index (χ1v) is 8.46. The van der Waals surface area contributed by atoms with Crippen molar-refractivity contribution < 1.29 is 4.74 Å². The number of hydrogen-bond donors (Lipinski definition) is 1. The molecule has 1 atom stereocenters. The summed E-state index contributed by atoms with van der Waals surface area (Å²) >= 11 is 1.78. The molecule has 0 bridgehead atoms. The van der Waals surface area contributed by atoms with Crippen LogP contribution < -0.4 is 10.5 Å². The number of ether oxygens (including phenoxy) is 1. The maximum atomic E-state index is 5.70. The summed E-state index contributed by atoms with van der Waals surface area (Å²) in [5.41, 5.74) is 6.77. The molecule has 1 aromatic heterocycles. The molecule has 4 nitrogen and oxygen atoms in total. The van der Waals surface area contributed by atoms with E-state index >= 15 is 0 Å². The Morgan fingerprint density at radius 1 is 1.45 bits per heavy atom. The van der Waals surface area contributed by atoms with Crippen molar-refractivity contribution >= 4 is 34.0 Å². The van der Waals surface area contributed by atoms with Crippen molar-refractivity contribution in [3.05, 3.63) is 23.2 Å². The Bertz CT molecular complexity index is 602. The third-order valence-corrected chi connectivity index (χ3v) is 5.18. The predicted molar refractivity (Wildman–Crippen MR) is 95.1 cm³/mol. The zero-order valence-electron chi connectivity index (χ0n) is 13.0. The second-order valence-electron chi connectivity index (χ2n) is 5.76. The zero-order chi connectivity index (χ0) is 14.7. The molecular weight excluding hydrogens is 318 g/mol. The Morgan fingerprint density at radius 2 is 2.32 bits per heavy atom. The largest absolute Gasteiger partial charge is 0.497 e. The van der Waals surface area contributed by atoms with E-state index in [0.29, 0.717) is 0 Å². The molecular formula is C16H24ClN3OS. The van der Waals surface area contributed by atoms with Gasteiger partial charge in [-0.05, 0) is 56.5 Å². The fraction of sp³-hybridized carbons (Fsp3) is 0.562. The summed E-state index contributed by atoms with van der Waals surface area (Å²) in [6.07, 6.45) is 3.75. The van der Waals surface area contributed by atoms with Gasteiger partial charge in [0.15, 0.2) is 0 Å². The fourth-order valence-corrected chi connectivity index (χ4v) is 4.14. The number of aromatic nitrogens is 1. The van der Waals surface area contributed by atoms with E-state index in [1.807, 2.05) is 12.1 Å². The molecule has 1 aliphatic rings. The maximum Gasteiger partial charge on any atom is 0.120 e. The lowest BCUT2D eigenvalue weighted by Gasteiger charge is -2.31. The second kappa shape index (κ2) is 8.11. The molecule has 2 aromatic rings. The van der Waals surface area contributed by atoms with Crippen molar-refractivity contribution in [1.82, 2.24) is 9.88 Å². The van der Waals surface area contributed by atoms with Crippen molar-refractivity contribution in [1.29, 1.82) is 0 Å². The monoisotopic (exact) mass is 341 g/mol. The van der Waals surface area contributed by atoms with Crippen LogP contribution in [-0.4, -0.2) is 36.6 Å². The number of piperidine rings is 1. The summed E-state index contributed by atoms with van der Waals surface area (Å²) in [6.45, 7) is 4.11. The van der Waals surface area contributed by atoms with E-state index in [1.165, 1.54) is 29.1 Å². The van der Waals surface area contributed by atoms with Crippen molar-refractivity contribution in [2.45, 2.75) is 25.8 Å². The van der Waals surface area contributed by atoms with E-state index in [9.17, 15) is 0 Å². The molecule has 0 amide bonds. The van der Waals surface area contributed by atoms with Gasteiger partial charge in [-0.1, -0.05) is 0 Å². The smallest absolute Gasteiger partial charge is 0.120 e. The summed E-state index contributed by atoms with van der Waals surface area (Å²) < 4.78 is 6.49. The van der Waals surface area contributed by atoms with Gasteiger partial charge in [-0.15, -0.1) is 23.7 Å². The highest BCUT2D eigenvalue weighted by Gasteiger charge is 2.20. The molecule has 1 aliphatic heterocycles. The number of rotatable bonds is 5. The van der Waals surface area contributed by atoms with Crippen LogP contribution in [0.25, 0.3) is 10.2 Å². The van der Waals surface area contributed by atoms with Gasteiger partial charge in [-0.25, -0.2) is 4.98 Å². The van der Waals surface area contributed by atoms with Crippen molar-refractivity contribution in [2.24, 2.45) is 11.7 Å². The Kier molecular flexibility index (Phi) is 6.44. The maximum absolute atomic E-state index is 5.70. The van der Waals surface area contributed by atoms with Crippen LogP contribution in [-0.2, 0) is 6.54 Å². The number of nitrogens with two attached hydrogens (primary N) is 1. The highest BCUT2D eigenvalue weighted by atomic mass is 35.5. The van der Waals surface area contributed by atoms with Crippen LogP contribution in [0.5, 0.6) is 5.75 Å². The van der Waals surface area contributed by atoms with Crippen LogP contribution in [0.3, 0.4) is 0 Å². The molecule has 1 unspecified atom stereocenters. The molecule has 1 saturated heterocycles. The quantitative estimate of drug-likeness (QED) is 0.906. The molecule has 3 rings (SSSR count). The number of halogens is 1. The Hall–Kier alpha value is -0.880. The lowest BCUT2D eigenvalue weighted by molar-refractivity contribution is 0.163. The number of fused-ring (bicyclic) bond motifs is 1. The van der Waals surface area contributed by atoms with Gasteiger partial charge in [0.2, 0.25) is 0 Å². The topological polar surface area (TPSA) is 51.4 Å². The Morgan fingerprint density at radius 3 is 3.09 bits per heavy atom. The minimum Gasteiger partial charge on any atom is -0.497 e. The summed E-state index contributed by atoms with van der Waals surface area (Å²) in [4.78, 5) is 7.28. The van der Waals surface area contributed by atoms with Crippen molar-refractivity contribution in [2.75, 3.05) is 26.7 Å². The van der Waals surface area contributed by atoms with Gasteiger partial charge >= 0.3 is 0 Å². The third kappa shape index (κ3) is 4.10. The number of hydrogen-bond acceptors (Lipinski definition) is 5. The zero-order valence-corrected chi connectivity index (χ0v) is 14.6. The normalized spacial score (nSPS) is 19.1. The Balaban J connectivity index is 0.00000176. The van der Waals surface area contributed by atoms with Crippen molar-refractivity contribution in [3.8, 4) is 5.75 Å². The van der Waals surface area contributed by atoms with Gasteiger partial charge in [-0.2, -0.15) is 0 Å². The average Bonchev–Trinajstić information content (AvgIpc) is 2.89. The summed E-state index contributed by atoms with van der Waals surface area (Å²) in [5.74, 6) is 1.66. The summed E-state index contributed by atoms with van der Waals surface area (Å²) in [5, 5.41) is 1.20. The van der Waals surface area contributed by atoms with E-state index in [1.54, 1.807) is 18.4 Å². The van der Waals surface area contributed by atoms with Crippen molar-refractivity contribution in [3.63, 3.8) is 0 Å². The molecule has 2 heterocycles. The van der Waals surface area contributed by atoms with Crippen LogP contribution in [0, 0.1) is 5.92 Å². The van der Waals surface area contributed by atoms with Crippen LogP contribution in [0.15, 0.2) is 18.2 Å². The minimum atomic E-state index is 0. The van der Waals surface area contributed by atoms with Gasteiger partial charge < -0.3 is 10.5 Å². The molecule has 122 valence electrons. The van der Waals surface area contributed by atoms with E-state index in [0.717, 1.165) is 43.2 Å². The van der Waals surface area contributed by atoms with Gasteiger partial charge in [0, 0.05) is 6.54 Å². The standard InChI is InChI=1S/C16H23N3OS.ClH/c1-20-13-4-5-14-15(9-13)21-16(18-14)11-19-8-2-3-12(10-19)6-7-17;/h4-5,9,12H,2-3,6-8,10-11,17H2,1H3;1H. The SMILES string of the molecule is COc1ccc2nc(CN3CCCC(CCN)C3)sc2c1.Cl. The average molecular weight is 342 g/mol. The summed E-state index contributed by atoms with van der Waals surface area (Å²) in [7, 11) is 1.70. The van der Waals surface area contributed by atoms with Gasteiger partial charge in [0.05, 0.1) is 23.9 Å². The van der Waals surface area contributed by atoms with Crippen LogP contribution in [0.1, 0.15) is 24.3 Å². The number of likely N-dealkylation sites (tertiary alicyclic amines) is 1. The molecule has 0 radical (unpaired) electrons. The summed E-state index contributed by atoms with van der Waals surface area (Å²) in [6, 6.07) is 6.09. The van der Waals surface area contributed by atoms with E-state index < -0.39 is 0 Å². The third-order valence-electron chi connectivity index (χ3n) is 4.18. The minimum absolute atomic E-state index is 0. The van der Waals surface area contributed by atoms with Crippen LogP contribution >= 0.6 is 23.7 Å². The van der Waals surface area contributed by atoms with E-state index in [-0.39, 0.29) is 12.4 Å². The van der Waals surface area contributed by atoms with Gasteiger partial charge in [0.1, 0.15) is 10.8 Å². The Labute approximate surface area is 142 Å². The first kappa shape index (κ1) is 17.5. The first-order chi connectivity index (χ1) is 10.3. The molecule has 0 aliphatic carbocycles. The molecule has 0 saturated carbocycles. The lowest BCUT2D eigenvalue weighted by atomic mass is 9.95. The predicted octanol–water partition coefficient (Wildman–Crippen LogP) is 3.29. The molecule has 2 N–H and O–H groups in total. The number of benzene rings is 1. The lowest BCUT2D eigenvalue weighted by Crippen LogP contribution is -2.35. The second-order valence-corrected chi connectivity index (χ2v) is 6.88. The fourth-order valence-electron chi connectivity index (χ4n) is 3.10. The molecule has 0 spiro atoms. The first-order valence-electron chi connectivity index (χ1n) is 7.64. The van der Waals surface area contributed by atoms with Gasteiger partial charge in [-0.3, -0.25) is 4.90 Å². The molecule has 1 aromatic carbocycles. The number of methoxy groups -OCH3 is 1. The molecule has 22 heavy (non-hydrogen) atoms. The van der Waals surface area contributed by atoms with E-state index in [4.69, 9.17) is 15.5 Å². The van der Waals surface area contributed by atoms with Crippen LogP contribution in [0.2, 0.25) is 0 Å². The number of nitrogens with zero attached hydrogens (tertiary/aromatic N) is 2. The highest BCUT2D eigenvalue weighted by molar-refractivity contribution is 7.18. The number of thiazole rings is 1. The van der Waals surface area contributed by atoms with E-state index in [2.05, 4.69) is 11.0 Å². The van der Waals surface area contributed by atoms with Crippen LogP contribution in [0.4, 0.5) is 0 Å². The molecule has 6 heteroatoms. The molecule has 1 fully saturated rings.